The largest absolute Gasteiger partial charge is 0.444 e. The van der Waals surface area contributed by atoms with Crippen molar-refractivity contribution < 1.29 is 18.7 Å². The van der Waals surface area contributed by atoms with Gasteiger partial charge in [-0.3, -0.25) is 4.79 Å². The molecule has 194 valence electrons. The lowest BCUT2D eigenvalue weighted by Crippen LogP contribution is -2.42. The number of nitrogens with zero attached hydrogens (tertiary/aromatic N) is 3. The molecule has 7 heteroatoms. The van der Waals surface area contributed by atoms with Gasteiger partial charge in [0.15, 0.2) is 0 Å². The van der Waals surface area contributed by atoms with E-state index in [4.69, 9.17) is 4.74 Å². The average molecular weight is 496 g/mol. The molecule has 0 bridgehead atoms. The highest BCUT2D eigenvalue weighted by molar-refractivity contribution is 6.03. The molecule has 1 unspecified atom stereocenters. The van der Waals surface area contributed by atoms with Gasteiger partial charge in [0.1, 0.15) is 11.4 Å². The van der Waals surface area contributed by atoms with Crippen LogP contribution in [0.1, 0.15) is 58.1 Å². The zero-order valence-corrected chi connectivity index (χ0v) is 22.4. The van der Waals surface area contributed by atoms with Crippen molar-refractivity contribution in [2.45, 2.75) is 58.6 Å². The second-order valence-electron chi connectivity index (χ2n) is 10.7. The van der Waals surface area contributed by atoms with Gasteiger partial charge in [-0.2, -0.15) is 0 Å². The highest BCUT2D eigenvalue weighted by Gasteiger charge is 2.32. The molecule has 1 saturated heterocycles. The second-order valence-corrected chi connectivity index (χ2v) is 10.7. The molecule has 2 amide bonds. The summed E-state index contributed by atoms with van der Waals surface area (Å²) in [7, 11) is 3.35. The lowest BCUT2D eigenvalue weighted by molar-refractivity contribution is -0.113. The van der Waals surface area contributed by atoms with Crippen LogP contribution < -0.4 is 9.80 Å². The lowest BCUT2D eigenvalue weighted by Gasteiger charge is -2.29. The van der Waals surface area contributed by atoms with Crippen molar-refractivity contribution in [3.63, 3.8) is 0 Å². The van der Waals surface area contributed by atoms with E-state index >= 15 is 4.39 Å². The lowest BCUT2D eigenvalue weighted by atomic mass is 10.0. The Kier molecular flexibility index (Phi) is 8.43. The Morgan fingerprint density at radius 3 is 2.36 bits per heavy atom. The van der Waals surface area contributed by atoms with Crippen molar-refractivity contribution in [2.24, 2.45) is 0 Å². The van der Waals surface area contributed by atoms with Crippen molar-refractivity contribution in [1.82, 2.24) is 4.90 Å². The van der Waals surface area contributed by atoms with Crippen LogP contribution in [-0.2, 0) is 9.53 Å². The SMILES string of the molecule is CC(C)c1ccc(/C=C/C(=O)N(C)c2ccc(N3CCC(N(C)C(=O)OC(C)(C)C)C3)c(F)c2)cc1. The first-order chi connectivity index (χ1) is 16.9. The third-order valence-electron chi connectivity index (χ3n) is 6.40. The minimum Gasteiger partial charge on any atom is -0.444 e. The van der Waals surface area contributed by atoms with Gasteiger partial charge in [0, 0.05) is 38.9 Å². The van der Waals surface area contributed by atoms with Crippen LogP contribution in [0.5, 0.6) is 0 Å². The molecule has 1 heterocycles. The van der Waals surface area contributed by atoms with E-state index in [9.17, 15) is 9.59 Å². The van der Waals surface area contributed by atoms with Crippen LogP contribution in [0, 0.1) is 5.82 Å². The number of carbonyl (C=O) groups is 2. The Morgan fingerprint density at radius 2 is 1.78 bits per heavy atom. The van der Waals surface area contributed by atoms with Crippen molar-refractivity contribution >= 4 is 29.5 Å². The summed E-state index contributed by atoms with van der Waals surface area (Å²) >= 11 is 0. The topological polar surface area (TPSA) is 53.1 Å². The van der Waals surface area contributed by atoms with E-state index in [0.717, 1.165) is 12.0 Å². The fraction of sp³-hybridized carbons (Fsp3) is 0.448. The van der Waals surface area contributed by atoms with Crippen molar-refractivity contribution in [3.8, 4) is 0 Å². The Morgan fingerprint density at radius 1 is 1.11 bits per heavy atom. The summed E-state index contributed by atoms with van der Waals surface area (Å²) in [6.07, 6.45) is 3.60. The molecule has 1 aliphatic heterocycles. The summed E-state index contributed by atoms with van der Waals surface area (Å²) < 4.78 is 20.5. The summed E-state index contributed by atoms with van der Waals surface area (Å²) in [6.45, 7) is 10.9. The molecular formula is C29H38FN3O3. The minimum atomic E-state index is -0.567. The maximum Gasteiger partial charge on any atom is 0.410 e. The van der Waals surface area contributed by atoms with E-state index < -0.39 is 11.4 Å². The molecule has 6 nitrogen and oxygen atoms in total. The van der Waals surface area contributed by atoms with Crippen molar-refractivity contribution in [3.05, 3.63) is 65.5 Å². The van der Waals surface area contributed by atoms with Gasteiger partial charge in [0.2, 0.25) is 0 Å². The van der Waals surface area contributed by atoms with E-state index in [-0.39, 0.29) is 18.0 Å². The summed E-state index contributed by atoms with van der Waals surface area (Å²) in [5, 5.41) is 0. The fourth-order valence-corrected chi connectivity index (χ4v) is 4.12. The second kappa shape index (κ2) is 11.1. The predicted molar refractivity (Wildman–Crippen MR) is 144 cm³/mol. The van der Waals surface area contributed by atoms with Gasteiger partial charge in [-0.1, -0.05) is 38.1 Å². The molecule has 0 aromatic heterocycles. The highest BCUT2D eigenvalue weighted by Crippen LogP contribution is 2.29. The molecule has 36 heavy (non-hydrogen) atoms. The number of halogens is 1. The van der Waals surface area contributed by atoms with E-state index in [1.165, 1.54) is 22.6 Å². The molecule has 0 N–H and O–H groups in total. The average Bonchev–Trinajstić information content (AvgIpc) is 3.30. The highest BCUT2D eigenvalue weighted by atomic mass is 19.1. The summed E-state index contributed by atoms with van der Waals surface area (Å²) in [5.41, 5.74) is 2.54. The third-order valence-corrected chi connectivity index (χ3v) is 6.40. The van der Waals surface area contributed by atoms with Gasteiger partial charge >= 0.3 is 6.09 Å². The normalized spacial score (nSPS) is 16.0. The van der Waals surface area contributed by atoms with E-state index in [2.05, 4.69) is 26.0 Å². The first-order valence-corrected chi connectivity index (χ1v) is 12.4. The quantitative estimate of drug-likeness (QED) is 0.457. The predicted octanol–water partition coefficient (Wildman–Crippen LogP) is 6.07. The molecule has 0 spiro atoms. The molecule has 3 rings (SSSR count). The van der Waals surface area contributed by atoms with E-state index in [0.29, 0.717) is 30.4 Å². The number of carbonyl (C=O) groups excluding carboxylic acids is 2. The summed E-state index contributed by atoms with van der Waals surface area (Å²) in [6, 6.07) is 12.8. The van der Waals surface area contributed by atoms with Gasteiger partial charge in [-0.25, -0.2) is 9.18 Å². The minimum absolute atomic E-state index is 0.0667. The Hall–Kier alpha value is -3.35. The maximum absolute atomic E-state index is 15.1. The maximum atomic E-state index is 15.1. The molecule has 1 atom stereocenters. The van der Waals surface area contributed by atoms with E-state index in [1.807, 2.05) is 37.8 Å². The number of hydrogen-bond acceptors (Lipinski definition) is 4. The molecule has 1 aliphatic rings. The van der Waals surface area contributed by atoms with Gasteiger partial charge in [0.25, 0.3) is 5.91 Å². The van der Waals surface area contributed by atoms with Gasteiger partial charge in [-0.05, 0) is 68.5 Å². The Bertz CT molecular complexity index is 1110. The van der Waals surface area contributed by atoms with Crippen LogP contribution in [0.3, 0.4) is 0 Å². The Balaban J connectivity index is 1.63. The first-order valence-electron chi connectivity index (χ1n) is 12.4. The van der Waals surface area contributed by atoms with Crippen LogP contribution in [-0.4, -0.2) is 55.7 Å². The summed E-state index contributed by atoms with van der Waals surface area (Å²) in [4.78, 5) is 30.0. The first kappa shape index (κ1) is 27.2. The standard InChI is InChI=1S/C29H38FN3O3/c1-20(2)22-11-8-21(9-12-22)10-15-27(34)31(6)23-13-14-26(25(30)18-23)33-17-16-24(19-33)32(7)28(35)36-29(3,4)5/h8-15,18,20,24H,16-17,19H2,1-7H3/b15-10+. The van der Waals surface area contributed by atoms with E-state index in [1.54, 1.807) is 37.2 Å². The zero-order valence-electron chi connectivity index (χ0n) is 22.4. The zero-order chi connectivity index (χ0) is 26.6. The number of anilines is 2. The van der Waals surface area contributed by atoms with Crippen LogP contribution >= 0.6 is 0 Å². The van der Waals surface area contributed by atoms with Crippen LogP contribution in [0.2, 0.25) is 0 Å². The molecule has 0 radical (unpaired) electrons. The molecule has 1 fully saturated rings. The van der Waals surface area contributed by atoms with Gasteiger partial charge in [-0.15, -0.1) is 0 Å². The number of hydrogen-bond donors (Lipinski definition) is 0. The number of likely N-dealkylation sites (N-methyl/N-ethyl adjacent to an activating group) is 2. The summed E-state index contributed by atoms with van der Waals surface area (Å²) in [5.74, 6) is -0.192. The van der Waals surface area contributed by atoms with Crippen LogP contribution in [0.25, 0.3) is 6.08 Å². The van der Waals surface area contributed by atoms with Crippen molar-refractivity contribution in [1.29, 1.82) is 0 Å². The van der Waals surface area contributed by atoms with Crippen molar-refractivity contribution in [2.75, 3.05) is 37.0 Å². The number of benzene rings is 2. The number of ether oxygens (including phenoxy) is 1. The Labute approximate surface area is 214 Å². The molecule has 0 aliphatic carbocycles. The fourth-order valence-electron chi connectivity index (χ4n) is 4.12. The molecule has 2 aromatic rings. The number of rotatable bonds is 6. The molecule has 0 saturated carbocycles. The van der Waals surface area contributed by atoms with Gasteiger partial charge < -0.3 is 19.4 Å². The molecular weight excluding hydrogens is 457 g/mol. The molecule has 2 aromatic carbocycles. The smallest absolute Gasteiger partial charge is 0.410 e. The number of amides is 2. The van der Waals surface area contributed by atoms with Crippen LogP contribution in [0.4, 0.5) is 20.6 Å². The third kappa shape index (κ3) is 6.86. The monoisotopic (exact) mass is 495 g/mol. The van der Waals surface area contributed by atoms with Gasteiger partial charge in [0.05, 0.1) is 11.7 Å². The van der Waals surface area contributed by atoms with Crippen LogP contribution in [0.15, 0.2) is 48.5 Å².